The van der Waals surface area contributed by atoms with E-state index in [1.165, 1.54) is 0 Å². The van der Waals surface area contributed by atoms with Crippen molar-refractivity contribution >= 4 is 44.9 Å². The Morgan fingerprint density at radius 1 is 0.923 bits per heavy atom. The SMILES string of the molecule is CCOC(=O)C(C[C@H]1CNC[C@H](C)O1)(C(=O)OCC)C(=O)OCC.S.S. The van der Waals surface area contributed by atoms with Crippen LogP contribution in [0.2, 0.25) is 0 Å². The molecule has 10 heteroatoms. The van der Waals surface area contributed by atoms with Crippen LogP contribution in [0.1, 0.15) is 34.1 Å². The molecule has 0 aromatic rings. The second-order valence-corrected chi connectivity index (χ2v) is 5.50. The van der Waals surface area contributed by atoms with Gasteiger partial charge in [0.05, 0.1) is 32.0 Å². The molecule has 154 valence electrons. The van der Waals surface area contributed by atoms with Gasteiger partial charge in [0.2, 0.25) is 0 Å². The lowest BCUT2D eigenvalue weighted by atomic mass is 9.81. The molecule has 1 aliphatic rings. The molecular formula is C16H31NO7S2. The fraction of sp³-hybridized carbons (Fsp3) is 0.812. The summed E-state index contributed by atoms with van der Waals surface area (Å²) in [6.45, 7) is 7.80. The van der Waals surface area contributed by atoms with Gasteiger partial charge in [-0.2, -0.15) is 27.0 Å². The minimum atomic E-state index is -2.18. The predicted molar refractivity (Wildman–Crippen MR) is 105 cm³/mol. The lowest BCUT2D eigenvalue weighted by molar-refractivity contribution is -0.188. The highest BCUT2D eigenvalue weighted by molar-refractivity contribution is 7.59. The summed E-state index contributed by atoms with van der Waals surface area (Å²) in [4.78, 5) is 37.7. The Hall–Kier alpha value is -0.970. The summed E-state index contributed by atoms with van der Waals surface area (Å²) in [6, 6.07) is 0. The number of hydrogen-bond acceptors (Lipinski definition) is 8. The zero-order chi connectivity index (χ0) is 18.2. The standard InChI is InChI=1S/C16H27NO7.2H2S/c1-5-21-13(18)16(14(19)22-6-2,15(20)23-7-3)8-12-10-17-9-11(4)24-12;;/h11-12,17H,5-10H2,1-4H3;2*1H2/t11-,12-;;/m0../s1. The Labute approximate surface area is 168 Å². The minimum Gasteiger partial charge on any atom is -0.465 e. The number of esters is 3. The summed E-state index contributed by atoms with van der Waals surface area (Å²) >= 11 is 0. The highest BCUT2D eigenvalue weighted by Crippen LogP contribution is 2.32. The van der Waals surface area contributed by atoms with Crippen LogP contribution in [0.25, 0.3) is 0 Å². The smallest absolute Gasteiger partial charge is 0.335 e. The maximum absolute atomic E-state index is 12.6. The van der Waals surface area contributed by atoms with Crippen LogP contribution in [0.15, 0.2) is 0 Å². The normalized spacial score (nSPS) is 19.4. The molecule has 26 heavy (non-hydrogen) atoms. The molecule has 1 N–H and O–H groups in total. The number of nitrogens with one attached hydrogen (secondary N) is 1. The fourth-order valence-corrected chi connectivity index (χ4v) is 2.60. The van der Waals surface area contributed by atoms with Crippen LogP contribution >= 0.6 is 27.0 Å². The molecular weight excluding hydrogens is 382 g/mol. The summed E-state index contributed by atoms with van der Waals surface area (Å²) < 4.78 is 20.7. The number of hydrogen-bond donors (Lipinski definition) is 1. The third kappa shape index (κ3) is 6.64. The van der Waals surface area contributed by atoms with Crippen molar-refractivity contribution < 1.29 is 33.3 Å². The molecule has 0 amide bonds. The van der Waals surface area contributed by atoms with Crippen molar-refractivity contribution in [2.45, 2.75) is 46.3 Å². The first-order valence-corrected chi connectivity index (χ1v) is 8.30. The number of carbonyl (C=O) groups is 3. The third-order valence-corrected chi connectivity index (χ3v) is 3.63. The Balaban J connectivity index is 0. The minimum absolute atomic E-state index is 0. The Kier molecular flexibility index (Phi) is 13.9. The van der Waals surface area contributed by atoms with Gasteiger partial charge in [-0.3, -0.25) is 14.4 Å². The van der Waals surface area contributed by atoms with Gasteiger partial charge in [0, 0.05) is 19.5 Å². The van der Waals surface area contributed by atoms with Gasteiger partial charge >= 0.3 is 17.9 Å². The number of rotatable bonds is 8. The summed E-state index contributed by atoms with van der Waals surface area (Å²) in [5.74, 6) is -2.91. The van der Waals surface area contributed by atoms with Gasteiger partial charge in [0.15, 0.2) is 0 Å². The molecule has 0 radical (unpaired) electrons. The quantitative estimate of drug-likeness (QED) is 0.352. The maximum atomic E-state index is 12.6. The van der Waals surface area contributed by atoms with Gasteiger partial charge in [-0.15, -0.1) is 0 Å². The first-order valence-electron chi connectivity index (χ1n) is 8.30. The zero-order valence-electron chi connectivity index (χ0n) is 15.8. The van der Waals surface area contributed by atoms with Gasteiger partial charge in [0.25, 0.3) is 5.41 Å². The average Bonchev–Trinajstić information content (AvgIpc) is 2.53. The topological polar surface area (TPSA) is 100 Å². The van der Waals surface area contributed by atoms with E-state index in [0.717, 1.165) is 0 Å². The molecule has 0 aromatic heterocycles. The predicted octanol–water partition coefficient (Wildman–Crippen LogP) is 0.655. The third-order valence-electron chi connectivity index (χ3n) is 3.63. The van der Waals surface area contributed by atoms with Crippen LogP contribution in [0, 0.1) is 5.41 Å². The molecule has 0 aliphatic carbocycles. The monoisotopic (exact) mass is 413 g/mol. The largest absolute Gasteiger partial charge is 0.465 e. The van der Waals surface area contributed by atoms with E-state index in [9.17, 15) is 14.4 Å². The molecule has 8 nitrogen and oxygen atoms in total. The lowest BCUT2D eigenvalue weighted by Gasteiger charge is -2.34. The molecule has 0 bridgehead atoms. The van der Waals surface area contributed by atoms with Gasteiger partial charge in [-0.25, -0.2) is 0 Å². The lowest BCUT2D eigenvalue weighted by Crippen LogP contribution is -2.54. The molecule has 1 fully saturated rings. The fourth-order valence-electron chi connectivity index (χ4n) is 2.60. The van der Waals surface area contributed by atoms with Crippen molar-refractivity contribution in [3.05, 3.63) is 0 Å². The second kappa shape index (κ2) is 13.2. The molecule has 1 heterocycles. The van der Waals surface area contributed by atoms with Crippen LogP contribution in [0.5, 0.6) is 0 Å². The summed E-state index contributed by atoms with van der Waals surface area (Å²) in [5.41, 5.74) is -2.18. The van der Waals surface area contributed by atoms with Crippen molar-refractivity contribution in [1.29, 1.82) is 0 Å². The number of ether oxygens (including phenoxy) is 4. The molecule has 1 aliphatic heterocycles. The molecule has 1 saturated heterocycles. The Morgan fingerprint density at radius 3 is 1.69 bits per heavy atom. The van der Waals surface area contributed by atoms with E-state index in [-0.39, 0.29) is 59.3 Å². The summed E-state index contributed by atoms with van der Waals surface area (Å²) in [5, 5.41) is 3.14. The first-order chi connectivity index (χ1) is 11.4. The zero-order valence-corrected chi connectivity index (χ0v) is 17.8. The molecule has 0 saturated carbocycles. The first kappa shape index (κ1) is 27.3. The Morgan fingerprint density at radius 2 is 1.35 bits per heavy atom. The van der Waals surface area contributed by atoms with E-state index in [2.05, 4.69) is 5.32 Å². The van der Waals surface area contributed by atoms with Crippen LogP contribution in [-0.2, 0) is 33.3 Å². The number of morpholine rings is 1. The van der Waals surface area contributed by atoms with E-state index < -0.39 is 29.4 Å². The van der Waals surface area contributed by atoms with Crippen LogP contribution in [0.3, 0.4) is 0 Å². The van der Waals surface area contributed by atoms with E-state index >= 15 is 0 Å². The highest BCUT2D eigenvalue weighted by atomic mass is 32.1. The summed E-state index contributed by atoms with van der Waals surface area (Å²) in [7, 11) is 0. The van der Waals surface area contributed by atoms with E-state index in [1.54, 1.807) is 20.8 Å². The van der Waals surface area contributed by atoms with Crippen molar-refractivity contribution in [3.63, 3.8) is 0 Å². The summed E-state index contributed by atoms with van der Waals surface area (Å²) in [6.07, 6.45) is -0.819. The van der Waals surface area contributed by atoms with Gasteiger partial charge in [-0.1, -0.05) is 0 Å². The van der Waals surface area contributed by atoms with E-state index in [0.29, 0.717) is 13.1 Å². The van der Waals surface area contributed by atoms with E-state index in [4.69, 9.17) is 18.9 Å². The van der Waals surface area contributed by atoms with Crippen molar-refractivity contribution in [2.24, 2.45) is 5.41 Å². The maximum Gasteiger partial charge on any atom is 0.335 e. The van der Waals surface area contributed by atoms with Gasteiger partial charge in [-0.05, 0) is 27.7 Å². The highest BCUT2D eigenvalue weighted by Gasteiger charge is 2.58. The van der Waals surface area contributed by atoms with Gasteiger partial charge < -0.3 is 24.3 Å². The van der Waals surface area contributed by atoms with Crippen molar-refractivity contribution in [2.75, 3.05) is 32.9 Å². The van der Waals surface area contributed by atoms with Crippen LogP contribution < -0.4 is 5.32 Å². The van der Waals surface area contributed by atoms with Crippen LogP contribution in [0.4, 0.5) is 0 Å². The average molecular weight is 414 g/mol. The number of carbonyl (C=O) groups excluding carboxylic acids is 3. The molecule has 0 aromatic carbocycles. The van der Waals surface area contributed by atoms with E-state index in [1.807, 2.05) is 6.92 Å². The van der Waals surface area contributed by atoms with Crippen molar-refractivity contribution in [3.8, 4) is 0 Å². The van der Waals surface area contributed by atoms with Crippen LogP contribution in [-0.4, -0.2) is 63.0 Å². The van der Waals surface area contributed by atoms with Gasteiger partial charge in [0.1, 0.15) is 0 Å². The molecule has 0 spiro atoms. The Bertz CT molecular complexity index is 416. The second-order valence-electron chi connectivity index (χ2n) is 5.50. The molecule has 2 atom stereocenters. The molecule has 1 rings (SSSR count). The molecule has 0 unspecified atom stereocenters. The van der Waals surface area contributed by atoms with Crippen molar-refractivity contribution in [1.82, 2.24) is 5.32 Å².